The zero-order valence-electron chi connectivity index (χ0n) is 13.0. The van der Waals surface area contributed by atoms with Crippen molar-refractivity contribution in [2.24, 2.45) is 5.92 Å². The van der Waals surface area contributed by atoms with Crippen molar-refractivity contribution >= 4 is 10.2 Å². The van der Waals surface area contributed by atoms with Gasteiger partial charge in [0.05, 0.1) is 0 Å². The Kier molecular flexibility index (Phi) is 6.88. The summed E-state index contributed by atoms with van der Waals surface area (Å²) in [6.07, 6.45) is 4.72. The largest absolute Gasteiger partial charge is 0.381 e. The first-order valence-corrected chi connectivity index (χ1v) is 9.61. The molecule has 21 heavy (non-hydrogen) atoms. The smallest absolute Gasteiger partial charge is 0.279 e. The fraction of sp³-hybridized carbons (Fsp3) is 1.00. The summed E-state index contributed by atoms with van der Waals surface area (Å²) in [7, 11) is -3.35. The van der Waals surface area contributed by atoms with Crippen LogP contribution in [0.25, 0.3) is 0 Å². The predicted octanol–water partition coefficient (Wildman–Crippen LogP) is 0.711. The first-order valence-electron chi connectivity index (χ1n) is 8.17. The summed E-state index contributed by atoms with van der Waals surface area (Å²) in [5.41, 5.74) is 0. The van der Waals surface area contributed by atoms with Crippen LogP contribution in [-0.4, -0.2) is 58.2 Å². The highest BCUT2D eigenvalue weighted by Crippen LogP contribution is 2.19. The second kappa shape index (κ2) is 8.43. The second-order valence-electron chi connectivity index (χ2n) is 6.08. The highest BCUT2D eigenvalue weighted by atomic mass is 32.2. The summed E-state index contributed by atoms with van der Waals surface area (Å²) >= 11 is 0. The molecule has 1 unspecified atom stereocenters. The average molecular weight is 319 g/mol. The molecule has 6 nitrogen and oxygen atoms in total. The molecule has 2 aliphatic heterocycles. The standard InChI is InChI=1S/C14H29N3O3S/c1-2-7-15-11-13-4-3-8-17(12-13)21(18,19)16-14-5-9-20-10-6-14/h13-16H,2-12H2,1H3. The molecule has 124 valence electrons. The molecule has 7 heteroatoms. The molecular formula is C14H29N3O3S. The molecule has 0 aromatic heterocycles. The van der Waals surface area contributed by atoms with Crippen molar-refractivity contribution in [3.8, 4) is 0 Å². The lowest BCUT2D eigenvalue weighted by atomic mass is 10.00. The van der Waals surface area contributed by atoms with Gasteiger partial charge in [-0.1, -0.05) is 6.92 Å². The SMILES string of the molecule is CCCNCC1CCCN(S(=O)(=O)NC2CCOCC2)C1. The Balaban J connectivity index is 1.83. The van der Waals surface area contributed by atoms with E-state index in [1.807, 2.05) is 0 Å². The topological polar surface area (TPSA) is 70.7 Å². The Bertz CT molecular complexity index is 396. The summed E-state index contributed by atoms with van der Waals surface area (Å²) in [4.78, 5) is 0. The van der Waals surface area contributed by atoms with Gasteiger partial charge in [0.2, 0.25) is 0 Å². The van der Waals surface area contributed by atoms with Crippen molar-refractivity contribution in [1.29, 1.82) is 0 Å². The molecule has 2 rings (SSSR count). The van der Waals surface area contributed by atoms with Crippen molar-refractivity contribution in [3.05, 3.63) is 0 Å². The Morgan fingerprint density at radius 2 is 2.00 bits per heavy atom. The molecule has 0 radical (unpaired) electrons. The van der Waals surface area contributed by atoms with Gasteiger partial charge in [-0.15, -0.1) is 0 Å². The number of piperidine rings is 1. The fourth-order valence-electron chi connectivity index (χ4n) is 3.00. The van der Waals surface area contributed by atoms with Crippen LogP contribution in [0.3, 0.4) is 0 Å². The van der Waals surface area contributed by atoms with Gasteiger partial charge in [-0.05, 0) is 51.1 Å². The summed E-state index contributed by atoms with van der Waals surface area (Å²) < 4.78 is 34.7. The van der Waals surface area contributed by atoms with E-state index in [1.54, 1.807) is 4.31 Å². The Labute approximate surface area is 128 Å². The van der Waals surface area contributed by atoms with E-state index in [9.17, 15) is 8.42 Å². The van der Waals surface area contributed by atoms with Gasteiger partial charge in [0.1, 0.15) is 0 Å². The van der Waals surface area contributed by atoms with Crippen LogP contribution < -0.4 is 10.0 Å². The van der Waals surface area contributed by atoms with Crippen LogP contribution in [0.1, 0.15) is 39.0 Å². The van der Waals surface area contributed by atoms with Crippen molar-refractivity contribution in [1.82, 2.24) is 14.3 Å². The Hall–Kier alpha value is -0.210. The third kappa shape index (κ3) is 5.49. The summed E-state index contributed by atoms with van der Waals surface area (Å²) in [6, 6.07) is 0.0299. The first-order chi connectivity index (χ1) is 10.1. The Morgan fingerprint density at radius 1 is 1.24 bits per heavy atom. The first kappa shape index (κ1) is 17.1. The van der Waals surface area contributed by atoms with Crippen LogP contribution in [0, 0.1) is 5.92 Å². The quantitative estimate of drug-likeness (QED) is 0.678. The molecule has 0 saturated carbocycles. The maximum atomic E-state index is 12.5. The third-order valence-electron chi connectivity index (χ3n) is 4.22. The minimum atomic E-state index is -3.35. The van der Waals surface area contributed by atoms with E-state index in [0.717, 1.165) is 45.2 Å². The van der Waals surface area contributed by atoms with Crippen LogP contribution in [0.4, 0.5) is 0 Å². The van der Waals surface area contributed by atoms with Crippen molar-refractivity contribution in [2.45, 2.75) is 45.1 Å². The molecule has 2 saturated heterocycles. The van der Waals surface area contributed by atoms with Gasteiger partial charge < -0.3 is 10.1 Å². The molecule has 1 atom stereocenters. The van der Waals surface area contributed by atoms with Gasteiger partial charge >= 0.3 is 0 Å². The van der Waals surface area contributed by atoms with E-state index in [4.69, 9.17) is 4.74 Å². The van der Waals surface area contributed by atoms with Crippen LogP contribution in [-0.2, 0) is 14.9 Å². The van der Waals surface area contributed by atoms with Gasteiger partial charge in [-0.2, -0.15) is 17.4 Å². The van der Waals surface area contributed by atoms with Crippen LogP contribution in [0.2, 0.25) is 0 Å². The van der Waals surface area contributed by atoms with E-state index in [1.165, 1.54) is 0 Å². The number of nitrogens with zero attached hydrogens (tertiary/aromatic N) is 1. The maximum absolute atomic E-state index is 12.5. The molecule has 0 amide bonds. The lowest BCUT2D eigenvalue weighted by molar-refractivity contribution is 0.0826. The average Bonchev–Trinajstić information content (AvgIpc) is 2.48. The van der Waals surface area contributed by atoms with Gasteiger partial charge in [-0.25, -0.2) is 0 Å². The van der Waals surface area contributed by atoms with E-state index >= 15 is 0 Å². The summed E-state index contributed by atoms with van der Waals surface area (Å²) in [6.45, 7) is 6.63. The van der Waals surface area contributed by atoms with Crippen molar-refractivity contribution < 1.29 is 13.2 Å². The summed E-state index contributed by atoms with van der Waals surface area (Å²) in [5.74, 6) is 0.427. The predicted molar refractivity (Wildman–Crippen MR) is 83.4 cm³/mol. The second-order valence-corrected chi connectivity index (χ2v) is 7.78. The summed E-state index contributed by atoms with van der Waals surface area (Å²) in [5, 5.41) is 3.40. The highest BCUT2D eigenvalue weighted by Gasteiger charge is 2.30. The van der Waals surface area contributed by atoms with Crippen molar-refractivity contribution in [2.75, 3.05) is 39.4 Å². The monoisotopic (exact) mass is 319 g/mol. The molecule has 0 spiro atoms. The number of hydrogen-bond acceptors (Lipinski definition) is 4. The molecule has 2 fully saturated rings. The maximum Gasteiger partial charge on any atom is 0.279 e. The Morgan fingerprint density at radius 3 is 2.71 bits per heavy atom. The van der Waals surface area contributed by atoms with E-state index in [-0.39, 0.29) is 6.04 Å². The number of nitrogens with one attached hydrogen (secondary N) is 2. The number of rotatable bonds is 7. The van der Waals surface area contributed by atoms with Gasteiger partial charge in [0, 0.05) is 32.3 Å². The molecule has 0 aliphatic carbocycles. The lowest BCUT2D eigenvalue weighted by Crippen LogP contribution is -2.51. The highest BCUT2D eigenvalue weighted by molar-refractivity contribution is 7.87. The van der Waals surface area contributed by atoms with Gasteiger partial charge in [0.15, 0.2) is 0 Å². The van der Waals surface area contributed by atoms with Crippen LogP contribution in [0.5, 0.6) is 0 Å². The number of hydrogen-bond donors (Lipinski definition) is 2. The number of ether oxygens (including phenoxy) is 1. The molecule has 2 heterocycles. The zero-order chi connectivity index (χ0) is 15.1. The zero-order valence-corrected chi connectivity index (χ0v) is 13.8. The van der Waals surface area contributed by atoms with E-state index in [2.05, 4.69) is 17.0 Å². The molecule has 0 bridgehead atoms. The minimum Gasteiger partial charge on any atom is -0.381 e. The third-order valence-corrected chi connectivity index (χ3v) is 5.86. The molecule has 0 aromatic carbocycles. The van der Waals surface area contributed by atoms with E-state index < -0.39 is 10.2 Å². The molecular weight excluding hydrogens is 290 g/mol. The van der Waals surface area contributed by atoms with E-state index in [0.29, 0.717) is 32.2 Å². The van der Waals surface area contributed by atoms with Gasteiger partial charge in [0.25, 0.3) is 10.2 Å². The van der Waals surface area contributed by atoms with Crippen molar-refractivity contribution in [3.63, 3.8) is 0 Å². The fourth-order valence-corrected chi connectivity index (χ4v) is 4.58. The van der Waals surface area contributed by atoms with Gasteiger partial charge in [-0.3, -0.25) is 0 Å². The minimum absolute atomic E-state index is 0.0299. The molecule has 2 aliphatic rings. The molecule has 2 N–H and O–H groups in total. The lowest BCUT2D eigenvalue weighted by Gasteiger charge is -2.34. The normalized spacial score (nSPS) is 26.0. The molecule has 0 aromatic rings. The van der Waals surface area contributed by atoms with Crippen LogP contribution >= 0.6 is 0 Å². The van der Waals surface area contributed by atoms with Crippen LogP contribution in [0.15, 0.2) is 0 Å².